The van der Waals surface area contributed by atoms with E-state index in [4.69, 9.17) is 14.6 Å². The van der Waals surface area contributed by atoms with E-state index in [0.717, 1.165) is 16.5 Å². The van der Waals surface area contributed by atoms with Crippen LogP contribution in [0.2, 0.25) is 0 Å². The lowest BCUT2D eigenvalue weighted by atomic mass is 10.1. The summed E-state index contributed by atoms with van der Waals surface area (Å²) >= 11 is 0. The highest BCUT2D eigenvalue weighted by Crippen LogP contribution is 2.16. The Morgan fingerprint density at radius 2 is 2.23 bits per heavy atom. The van der Waals surface area contributed by atoms with E-state index in [-0.39, 0.29) is 43.4 Å². The third-order valence-corrected chi connectivity index (χ3v) is 4.60. The van der Waals surface area contributed by atoms with Crippen molar-refractivity contribution in [3.63, 3.8) is 0 Å². The number of para-hydroxylation sites is 1. The maximum absolute atomic E-state index is 12.6. The molecule has 1 aliphatic heterocycles. The minimum absolute atomic E-state index is 0.0519. The highest BCUT2D eigenvalue weighted by atomic mass is 16.5. The number of carbonyl (C=O) groups is 1. The van der Waals surface area contributed by atoms with Gasteiger partial charge in [-0.3, -0.25) is 14.2 Å². The molecule has 0 spiro atoms. The molecule has 1 aromatic heterocycles. The van der Waals surface area contributed by atoms with Crippen molar-refractivity contribution in [2.24, 2.45) is 0 Å². The second-order valence-corrected chi connectivity index (χ2v) is 6.44. The van der Waals surface area contributed by atoms with Gasteiger partial charge < -0.3 is 19.9 Å². The van der Waals surface area contributed by atoms with Crippen molar-refractivity contribution in [3.05, 3.63) is 46.2 Å². The van der Waals surface area contributed by atoms with Crippen LogP contribution in [0.25, 0.3) is 10.9 Å². The maximum atomic E-state index is 12.6. The summed E-state index contributed by atoms with van der Waals surface area (Å²) in [4.78, 5) is 25.0. The van der Waals surface area contributed by atoms with E-state index in [1.165, 1.54) is 4.57 Å². The number of aliphatic hydroxyl groups is 1. The number of fused-ring (bicyclic) bond motifs is 1. The fourth-order valence-electron chi connectivity index (χ4n) is 3.31. The third kappa shape index (κ3) is 4.12. The fraction of sp³-hybridized carbons (Fsp3) is 0.474. The number of aromatic nitrogens is 1. The van der Waals surface area contributed by atoms with Crippen molar-refractivity contribution in [2.75, 3.05) is 26.4 Å². The molecular formula is C19H24N2O5. The van der Waals surface area contributed by atoms with Crippen molar-refractivity contribution in [3.8, 4) is 0 Å². The Bertz CT molecular complexity index is 832. The molecule has 0 unspecified atom stereocenters. The SMILES string of the molecule is Cc1cc(=O)n(CC(=O)N[C@@H]2CCOC[C@H]2OCCO)c2ccccc12. The topological polar surface area (TPSA) is 89.8 Å². The summed E-state index contributed by atoms with van der Waals surface area (Å²) in [5, 5.41) is 12.8. The maximum Gasteiger partial charge on any atom is 0.251 e. The van der Waals surface area contributed by atoms with Crippen LogP contribution in [0.5, 0.6) is 0 Å². The van der Waals surface area contributed by atoms with Crippen LogP contribution in [0.4, 0.5) is 0 Å². The first kappa shape index (κ1) is 18.6. The second-order valence-electron chi connectivity index (χ2n) is 6.44. The number of aliphatic hydroxyl groups excluding tert-OH is 1. The zero-order valence-corrected chi connectivity index (χ0v) is 14.8. The molecule has 7 nitrogen and oxygen atoms in total. The second kappa shape index (κ2) is 8.44. The molecule has 1 aliphatic rings. The Morgan fingerprint density at radius 1 is 1.42 bits per heavy atom. The molecule has 26 heavy (non-hydrogen) atoms. The number of aryl methyl sites for hydroxylation is 1. The summed E-state index contributed by atoms with van der Waals surface area (Å²) in [7, 11) is 0. The lowest BCUT2D eigenvalue weighted by Gasteiger charge is -2.32. The number of carbonyl (C=O) groups excluding carboxylic acids is 1. The van der Waals surface area contributed by atoms with Crippen LogP contribution in [0.1, 0.15) is 12.0 Å². The number of pyridine rings is 1. The summed E-state index contributed by atoms with van der Waals surface area (Å²) in [5.74, 6) is -0.245. The Labute approximate surface area is 151 Å². The highest BCUT2D eigenvalue weighted by molar-refractivity contribution is 5.84. The first-order valence-electron chi connectivity index (χ1n) is 8.79. The van der Waals surface area contributed by atoms with Crippen LogP contribution in [0.15, 0.2) is 35.1 Å². The number of amides is 1. The van der Waals surface area contributed by atoms with Crippen molar-refractivity contribution in [2.45, 2.75) is 32.0 Å². The number of nitrogens with zero attached hydrogens (tertiary/aromatic N) is 1. The largest absolute Gasteiger partial charge is 0.394 e. The van der Waals surface area contributed by atoms with E-state index in [1.54, 1.807) is 6.07 Å². The van der Waals surface area contributed by atoms with Crippen LogP contribution in [0.3, 0.4) is 0 Å². The van der Waals surface area contributed by atoms with Crippen LogP contribution in [-0.4, -0.2) is 54.2 Å². The highest BCUT2D eigenvalue weighted by Gasteiger charge is 2.28. The van der Waals surface area contributed by atoms with Gasteiger partial charge in [0.15, 0.2) is 0 Å². The molecule has 1 amide bonds. The standard InChI is InChI=1S/C19H24N2O5/c1-13-10-19(24)21(16-5-3-2-4-14(13)16)11-18(23)20-15-6-8-25-12-17(15)26-9-7-22/h2-5,10,15,17,22H,6-9,11-12H2,1H3,(H,20,23)/t15-,17-/m1/s1. The molecule has 1 saturated heterocycles. The van der Waals surface area contributed by atoms with Gasteiger partial charge in [0.2, 0.25) is 5.91 Å². The van der Waals surface area contributed by atoms with Gasteiger partial charge in [0.05, 0.1) is 31.4 Å². The van der Waals surface area contributed by atoms with Gasteiger partial charge in [0.1, 0.15) is 12.6 Å². The van der Waals surface area contributed by atoms with Crippen molar-refractivity contribution in [1.82, 2.24) is 9.88 Å². The normalized spacial score (nSPS) is 20.2. The molecular weight excluding hydrogens is 336 g/mol. The molecule has 2 N–H and O–H groups in total. The van der Waals surface area contributed by atoms with E-state index in [1.807, 2.05) is 31.2 Å². The molecule has 0 bridgehead atoms. The van der Waals surface area contributed by atoms with E-state index < -0.39 is 0 Å². The Kier molecular flexibility index (Phi) is 6.03. The van der Waals surface area contributed by atoms with E-state index >= 15 is 0 Å². The summed E-state index contributed by atoms with van der Waals surface area (Å²) in [6, 6.07) is 8.91. The Hall–Kier alpha value is -2.22. The molecule has 3 rings (SSSR count). The first-order valence-corrected chi connectivity index (χ1v) is 8.79. The number of rotatable bonds is 6. The van der Waals surface area contributed by atoms with Crippen LogP contribution >= 0.6 is 0 Å². The lowest BCUT2D eigenvalue weighted by Crippen LogP contribution is -2.51. The summed E-state index contributed by atoms with van der Waals surface area (Å²) in [6.07, 6.45) is 0.331. The van der Waals surface area contributed by atoms with E-state index in [0.29, 0.717) is 19.6 Å². The van der Waals surface area contributed by atoms with Crippen molar-refractivity contribution < 1.29 is 19.4 Å². The minimum atomic E-state index is -0.300. The number of hydrogen-bond donors (Lipinski definition) is 2. The average molecular weight is 360 g/mol. The Morgan fingerprint density at radius 3 is 3.04 bits per heavy atom. The van der Waals surface area contributed by atoms with Gasteiger partial charge in [0, 0.05) is 18.1 Å². The number of nitrogens with one attached hydrogen (secondary N) is 1. The van der Waals surface area contributed by atoms with Gasteiger partial charge in [0.25, 0.3) is 5.56 Å². The van der Waals surface area contributed by atoms with Crippen molar-refractivity contribution in [1.29, 1.82) is 0 Å². The molecule has 2 atom stereocenters. The number of hydrogen-bond acceptors (Lipinski definition) is 5. The fourth-order valence-corrected chi connectivity index (χ4v) is 3.31. The molecule has 1 aromatic carbocycles. The number of benzene rings is 1. The van der Waals surface area contributed by atoms with Crippen LogP contribution in [-0.2, 0) is 20.8 Å². The monoisotopic (exact) mass is 360 g/mol. The predicted octanol–water partition coefficient (Wildman–Crippen LogP) is 0.593. The quantitative estimate of drug-likeness (QED) is 0.787. The summed E-state index contributed by atoms with van der Waals surface area (Å²) in [6.45, 7) is 2.86. The molecule has 7 heteroatoms. The van der Waals surface area contributed by atoms with Gasteiger partial charge in [-0.05, 0) is 25.0 Å². The minimum Gasteiger partial charge on any atom is -0.394 e. The predicted molar refractivity (Wildman–Crippen MR) is 97.1 cm³/mol. The summed E-state index contributed by atoms with van der Waals surface area (Å²) < 4.78 is 12.4. The molecule has 1 fully saturated rings. The molecule has 0 saturated carbocycles. The van der Waals surface area contributed by atoms with Gasteiger partial charge in [-0.2, -0.15) is 0 Å². The Balaban J connectivity index is 1.76. The van der Waals surface area contributed by atoms with E-state index in [2.05, 4.69) is 5.32 Å². The van der Waals surface area contributed by atoms with Crippen LogP contribution < -0.4 is 10.9 Å². The van der Waals surface area contributed by atoms with Gasteiger partial charge >= 0.3 is 0 Å². The molecule has 2 heterocycles. The third-order valence-electron chi connectivity index (χ3n) is 4.60. The van der Waals surface area contributed by atoms with E-state index in [9.17, 15) is 9.59 Å². The average Bonchev–Trinajstić information content (AvgIpc) is 2.64. The zero-order chi connectivity index (χ0) is 18.5. The van der Waals surface area contributed by atoms with Crippen LogP contribution in [0, 0.1) is 6.92 Å². The smallest absolute Gasteiger partial charge is 0.251 e. The zero-order valence-electron chi connectivity index (χ0n) is 14.8. The number of ether oxygens (including phenoxy) is 2. The van der Waals surface area contributed by atoms with Gasteiger partial charge in [-0.25, -0.2) is 0 Å². The summed E-state index contributed by atoms with van der Waals surface area (Å²) in [5.41, 5.74) is 1.44. The molecule has 2 aromatic rings. The van der Waals surface area contributed by atoms with Gasteiger partial charge in [-0.15, -0.1) is 0 Å². The molecule has 0 radical (unpaired) electrons. The molecule has 140 valence electrons. The first-order chi connectivity index (χ1) is 12.6. The lowest BCUT2D eigenvalue weighted by molar-refractivity contribution is -0.127. The van der Waals surface area contributed by atoms with Gasteiger partial charge in [-0.1, -0.05) is 18.2 Å². The van der Waals surface area contributed by atoms with Crippen molar-refractivity contribution >= 4 is 16.8 Å². The molecule has 0 aliphatic carbocycles.